The minimum Gasteiger partial charge on any atom is -0.457 e. The number of aryl methyl sites for hydroxylation is 1. The molecule has 0 bridgehead atoms. The Bertz CT molecular complexity index is 549. The molecule has 0 fully saturated rings. The zero-order valence-corrected chi connectivity index (χ0v) is 10.5. The van der Waals surface area contributed by atoms with Gasteiger partial charge >= 0.3 is 0 Å². The lowest BCUT2D eigenvalue weighted by atomic mass is 10.1. The fraction of sp³-hybridized carbons (Fsp3) is 0.143. The van der Waals surface area contributed by atoms with Crippen LogP contribution in [-0.4, -0.2) is 0 Å². The Kier molecular flexibility index (Phi) is 3.82. The van der Waals surface area contributed by atoms with Crippen molar-refractivity contribution in [2.75, 3.05) is 0 Å². The number of halogens is 3. The average Bonchev–Trinajstić information content (AvgIpc) is 2.30. The first-order chi connectivity index (χ1) is 8.58. The minimum absolute atomic E-state index is 0.114. The molecule has 0 amide bonds. The number of alkyl halides is 1. The molecule has 0 aliphatic heterocycles. The molecule has 18 heavy (non-hydrogen) atoms. The van der Waals surface area contributed by atoms with Crippen molar-refractivity contribution in [1.29, 1.82) is 0 Å². The van der Waals surface area contributed by atoms with Crippen molar-refractivity contribution < 1.29 is 13.5 Å². The lowest BCUT2D eigenvalue weighted by Gasteiger charge is -2.10. The van der Waals surface area contributed by atoms with Gasteiger partial charge in [-0.05, 0) is 13.0 Å². The Morgan fingerprint density at radius 3 is 2.33 bits per heavy atom. The number of hydrogen-bond acceptors (Lipinski definition) is 1. The highest BCUT2D eigenvalue weighted by Crippen LogP contribution is 2.28. The molecule has 4 heteroatoms. The van der Waals surface area contributed by atoms with Gasteiger partial charge in [0.2, 0.25) is 0 Å². The third-order valence-corrected chi connectivity index (χ3v) is 2.71. The van der Waals surface area contributed by atoms with E-state index >= 15 is 0 Å². The second kappa shape index (κ2) is 5.36. The third kappa shape index (κ3) is 2.99. The topological polar surface area (TPSA) is 9.23 Å². The number of ether oxygens (including phenoxy) is 1. The van der Waals surface area contributed by atoms with E-state index in [4.69, 9.17) is 16.3 Å². The van der Waals surface area contributed by atoms with E-state index < -0.39 is 11.6 Å². The van der Waals surface area contributed by atoms with E-state index in [0.29, 0.717) is 5.75 Å². The Morgan fingerprint density at radius 1 is 1.06 bits per heavy atom. The highest BCUT2D eigenvalue weighted by atomic mass is 35.5. The zero-order valence-electron chi connectivity index (χ0n) is 9.71. The third-order valence-electron chi connectivity index (χ3n) is 2.42. The van der Waals surface area contributed by atoms with Crippen molar-refractivity contribution in [2.24, 2.45) is 0 Å². The van der Waals surface area contributed by atoms with Gasteiger partial charge in [-0.3, -0.25) is 0 Å². The van der Waals surface area contributed by atoms with Crippen molar-refractivity contribution >= 4 is 11.6 Å². The molecule has 0 spiro atoms. The summed E-state index contributed by atoms with van der Waals surface area (Å²) in [6.07, 6.45) is 0. The van der Waals surface area contributed by atoms with Crippen LogP contribution in [0.5, 0.6) is 11.5 Å². The van der Waals surface area contributed by atoms with E-state index in [0.717, 1.165) is 29.3 Å². The fourth-order valence-electron chi connectivity index (χ4n) is 1.63. The van der Waals surface area contributed by atoms with Crippen molar-refractivity contribution in [3.63, 3.8) is 0 Å². The van der Waals surface area contributed by atoms with Gasteiger partial charge in [0, 0.05) is 23.8 Å². The summed E-state index contributed by atoms with van der Waals surface area (Å²) in [5.41, 5.74) is 1.82. The van der Waals surface area contributed by atoms with Crippen molar-refractivity contribution in [3.05, 3.63) is 59.2 Å². The highest BCUT2D eigenvalue weighted by Gasteiger charge is 2.07. The summed E-state index contributed by atoms with van der Waals surface area (Å²) >= 11 is 5.80. The van der Waals surface area contributed by atoms with E-state index in [9.17, 15) is 8.78 Å². The van der Waals surface area contributed by atoms with E-state index in [1.165, 1.54) is 0 Å². The molecule has 1 nitrogen and oxygen atoms in total. The molecule has 0 radical (unpaired) electrons. The van der Waals surface area contributed by atoms with Crippen LogP contribution in [0.4, 0.5) is 8.78 Å². The maximum absolute atomic E-state index is 13.0. The summed E-state index contributed by atoms with van der Waals surface area (Å²) in [5.74, 6) is -0.466. The summed E-state index contributed by atoms with van der Waals surface area (Å²) in [4.78, 5) is 0. The lowest BCUT2D eigenvalue weighted by molar-refractivity contribution is 0.464. The molecule has 0 atom stereocenters. The SMILES string of the molecule is Cc1ccc(Oc2cc(F)cc(F)c2)c(CCl)c1. The molecule has 2 aromatic rings. The van der Waals surface area contributed by atoms with Crippen LogP contribution >= 0.6 is 11.6 Å². The normalized spacial score (nSPS) is 10.4. The van der Waals surface area contributed by atoms with Crippen LogP contribution in [0.1, 0.15) is 11.1 Å². The van der Waals surface area contributed by atoms with Gasteiger partial charge in [0.15, 0.2) is 0 Å². The molecule has 0 N–H and O–H groups in total. The molecule has 2 aromatic carbocycles. The quantitative estimate of drug-likeness (QED) is 0.726. The fourth-order valence-corrected chi connectivity index (χ4v) is 1.84. The second-order valence-electron chi connectivity index (χ2n) is 3.95. The van der Waals surface area contributed by atoms with Gasteiger partial charge in [0.05, 0.1) is 5.88 Å². The summed E-state index contributed by atoms with van der Waals surface area (Å²) in [5, 5.41) is 0. The molecule has 0 aliphatic rings. The molecule has 94 valence electrons. The number of hydrogen-bond donors (Lipinski definition) is 0. The van der Waals surface area contributed by atoms with Crippen LogP contribution in [-0.2, 0) is 5.88 Å². The Balaban J connectivity index is 2.33. The predicted molar refractivity (Wildman–Crippen MR) is 67.2 cm³/mol. The van der Waals surface area contributed by atoms with Crippen molar-refractivity contribution in [2.45, 2.75) is 12.8 Å². The predicted octanol–water partition coefficient (Wildman–Crippen LogP) is 4.80. The van der Waals surface area contributed by atoms with Crippen LogP contribution < -0.4 is 4.74 Å². The van der Waals surface area contributed by atoms with Crippen LogP contribution in [0.3, 0.4) is 0 Å². The van der Waals surface area contributed by atoms with Crippen molar-refractivity contribution in [3.8, 4) is 11.5 Å². The monoisotopic (exact) mass is 268 g/mol. The van der Waals surface area contributed by atoms with E-state index in [1.807, 2.05) is 19.1 Å². The summed E-state index contributed by atoms with van der Waals surface area (Å²) in [6, 6.07) is 8.50. The first-order valence-electron chi connectivity index (χ1n) is 5.38. The molecule has 0 heterocycles. The van der Waals surface area contributed by atoms with Crippen LogP contribution in [0.2, 0.25) is 0 Å². The summed E-state index contributed by atoms with van der Waals surface area (Å²) in [7, 11) is 0. The molecule has 0 saturated heterocycles. The first kappa shape index (κ1) is 12.8. The largest absolute Gasteiger partial charge is 0.457 e. The van der Waals surface area contributed by atoms with Gasteiger partial charge in [-0.25, -0.2) is 8.78 Å². The molecule has 0 saturated carbocycles. The van der Waals surface area contributed by atoms with E-state index in [2.05, 4.69) is 0 Å². The smallest absolute Gasteiger partial charge is 0.133 e. The van der Waals surface area contributed by atoms with Gasteiger partial charge < -0.3 is 4.74 Å². The van der Waals surface area contributed by atoms with Crippen LogP contribution in [0, 0.1) is 18.6 Å². The molecular weight excluding hydrogens is 258 g/mol. The van der Waals surface area contributed by atoms with Crippen molar-refractivity contribution in [1.82, 2.24) is 0 Å². The minimum atomic E-state index is -0.676. The van der Waals surface area contributed by atoms with Gasteiger partial charge in [-0.2, -0.15) is 0 Å². The van der Waals surface area contributed by atoms with Gasteiger partial charge in [0.1, 0.15) is 23.1 Å². The Labute approximate surface area is 109 Å². The van der Waals surface area contributed by atoms with Gasteiger partial charge in [-0.15, -0.1) is 11.6 Å². The van der Waals surface area contributed by atoms with Gasteiger partial charge in [0.25, 0.3) is 0 Å². The highest BCUT2D eigenvalue weighted by molar-refractivity contribution is 6.17. The second-order valence-corrected chi connectivity index (χ2v) is 4.22. The lowest BCUT2D eigenvalue weighted by Crippen LogP contribution is -1.92. The maximum Gasteiger partial charge on any atom is 0.133 e. The summed E-state index contributed by atoms with van der Waals surface area (Å²) < 4.78 is 31.5. The molecule has 2 rings (SSSR count). The summed E-state index contributed by atoms with van der Waals surface area (Å²) in [6.45, 7) is 1.93. The zero-order chi connectivity index (χ0) is 13.1. The molecule has 0 aliphatic carbocycles. The van der Waals surface area contributed by atoms with E-state index in [1.54, 1.807) is 6.07 Å². The average molecular weight is 269 g/mol. The maximum atomic E-state index is 13.0. The van der Waals surface area contributed by atoms with E-state index in [-0.39, 0.29) is 11.6 Å². The Morgan fingerprint density at radius 2 is 1.72 bits per heavy atom. The van der Waals surface area contributed by atoms with Gasteiger partial charge in [-0.1, -0.05) is 17.7 Å². The molecule has 0 unspecified atom stereocenters. The number of benzene rings is 2. The van der Waals surface area contributed by atoms with Crippen LogP contribution in [0.25, 0.3) is 0 Å². The standard InChI is InChI=1S/C14H11ClF2O/c1-9-2-3-14(10(4-9)8-15)18-13-6-11(16)5-12(17)7-13/h2-7H,8H2,1H3. The molecule has 0 aromatic heterocycles. The first-order valence-corrected chi connectivity index (χ1v) is 5.91. The van der Waals surface area contributed by atoms with Crippen LogP contribution in [0.15, 0.2) is 36.4 Å². The Hall–Kier alpha value is -1.61. The molecular formula is C14H11ClF2O. The number of rotatable bonds is 3.